The average molecular weight is 524 g/mol. The first-order valence-corrected chi connectivity index (χ1v) is 13.8. The molecule has 0 radical (unpaired) electrons. The van der Waals surface area contributed by atoms with Crippen LogP contribution in [0.5, 0.6) is 5.75 Å². The highest BCUT2D eigenvalue weighted by atomic mass is 19.1. The molecule has 1 aliphatic heterocycles. The Kier molecular flexibility index (Phi) is 11.8. The van der Waals surface area contributed by atoms with Crippen LogP contribution in [0.15, 0.2) is 54.6 Å². The van der Waals surface area contributed by atoms with Gasteiger partial charge in [-0.25, -0.2) is 4.39 Å². The Hall–Kier alpha value is -3.19. The van der Waals surface area contributed by atoms with Crippen LogP contribution in [0.1, 0.15) is 55.5 Å². The zero-order valence-corrected chi connectivity index (χ0v) is 23.1. The van der Waals surface area contributed by atoms with Crippen molar-refractivity contribution in [2.75, 3.05) is 52.9 Å². The smallest absolute Gasteiger partial charge is 0.254 e. The molecule has 2 amide bonds. The van der Waals surface area contributed by atoms with Crippen molar-refractivity contribution in [1.82, 2.24) is 14.7 Å². The van der Waals surface area contributed by atoms with Gasteiger partial charge in [0.1, 0.15) is 11.6 Å². The zero-order chi connectivity index (χ0) is 27.3. The number of hydrogen-bond acceptors (Lipinski definition) is 4. The molecule has 1 fully saturated rings. The molecule has 0 bridgehead atoms. The van der Waals surface area contributed by atoms with Crippen molar-refractivity contribution in [3.05, 3.63) is 71.6 Å². The molecule has 2 aromatic rings. The number of unbranched alkanes of at least 4 members (excludes halogenated alkanes) is 1. The molecule has 1 aliphatic rings. The average Bonchev–Trinajstić information content (AvgIpc) is 2.95. The maximum atomic E-state index is 13.4. The summed E-state index contributed by atoms with van der Waals surface area (Å²) in [5, 5.41) is 0. The lowest BCUT2D eigenvalue weighted by molar-refractivity contribution is -0.137. The van der Waals surface area contributed by atoms with Gasteiger partial charge in [-0.15, -0.1) is 0 Å². The van der Waals surface area contributed by atoms with Crippen molar-refractivity contribution in [2.45, 2.75) is 39.5 Å². The van der Waals surface area contributed by atoms with Gasteiger partial charge in [0, 0.05) is 62.9 Å². The number of carbonyl (C=O) groups excluding carboxylic acids is 2. The van der Waals surface area contributed by atoms with Crippen molar-refractivity contribution >= 4 is 17.9 Å². The van der Waals surface area contributed by atoms with Crippen LogP contribution in [0.2, 0.25) is 0 Å². The van der Waals surface area contributed by atoms with E-state index in [1.54, 1.807) is 12.0 Å². The summed E-state index contributed by atoms with van der Waals surface area (Å²) in [5.74, 6) is 0.685. The van der Waals surface area contributed by atoms with Crippen LogP contribution in [0.4, 0.5) is 4.39 Å². The van der Waals surface area contributed by atoms with Crippen LogP contribution in [-0.4, -0.2) is 79.4 Å². The summed E-state index contributed by atoms with van der Waals surface area (Å²) >= 11 is 0. The van der Waals surface area contributed by atoms with E-state index in [4.69, 9.17) is 4.74 Å². The van der Waals surface area contributed by atoms with Crippen LogP contribution in [-0.2, 0) is 4.79 Å². The molecule has 1 atom stereocenters. The Morgan fingerprint density at radius 3 is 2.42 bits per heavy atom. The minimum Gasteiger partial charge on any atom is -0.496 e. The molecule has 0 aromatic heterocycles. The molecule has 7 heteroatoms. The van der Waals surface area contributed by atoms with Crippen LogP contribution in [0, 0.1) is 11.7 Å². The van der Waals surface area contributed by atoms with Crippen LogP contribution < -0.4 is 4.74 Å². The molecule has 206 valence electrons. The molecule has 1 heterocycles. The van der Waals surface area contributed by atoms with Gasteiger partial charge in [0.2, 0.25) is 5.91 Å². The maximum Gasteiger partial charge on any atom is 0.254 e. The van der Waals surface area contributed by atoms with Gasteiger partial charge in [-0.1, -0.05) is 57.0 Å². The fourth-order valence-electron chi connectivity index (χ4n) is 4.83. The number of para-hydroxylation sites is 1. The number of benzene rings is 2. The third kappa shape index (κ3) is 8.42. The topological polar surface area (TPSA) is 53.1 Å². The lowest BCUT2D eigenvalue weighted by atomic mass is 9.97. The standard InChI is InChI=1S/C31H42FN3O3/c1-4-6-10-25(5-2)30(36)35-23-20-33(21-24-35)19-22-34(31(37)27-14-16-28(32)17-15-27)18-9-12-26-11-7-8-13-29(26)38-3/h7-9,11-17,25H,4-6,10,18-24H2,1-3H3/b12-9+. The summed E-state index contributed by atoms with van der Waals surface area (Å²) in [6.45, 7) is 8.97. The number of carbonyl (C=O) groups is 2. The fourth-order valence-corrected chi connectivity index (χ4v) is 4.83. The highest BCUT2D eigenvalue weighted by molar-refractivity contribution is 5.94. The summed E-state index contributed by atoms with van der Waals surface area (Å²) in [6, 6.07) is 13.4. The molecule has 1 unspecified atom stereocenters. The highest BCUT2D eigenvalue weighted by Gasteiger charge is 2.26. The van der Waals surface area contributed by atoms with E-state index in [0.29, 0.717) is 25.2 Å². The summed E-state index contributed by atoms with van der Waals surface area (Å²) in [4.78, 5) is 32.4. The van der Waals surface area contributed by atoms with Gasteiger partial charge in [-0.2, -0.15) is 0 Å². The first kappa shape index (κ1) is 29.4. The quantitative estimate of drug-likeness (QED) is 0.355. The largest absolute Gasteiger partial charge is 0.496 e. The van der Waals surface area contributed by atoms with Gasteiger partial charge in [-0.3, -0.25) is 14.5 Å². The predicted octanol–water partition coefficient (Wildman–Crippen LogP) is 5.35. The second kappa shape index (κ2) is 15.3. The molecule has 0 saturated carbocycles. The van der Waals surface area contributed by atoms with E-state index in [2.05, 4.69) is 18.7 Å². The van der Waals surface area contributed by atoms with E-state index in [0.717, 1.165) is 63.2 Å². The first-order chi connectivity index (χ1) is 18.5. The molecule has 0 spiro atoms. The van der Waals surface area contributed by atoms with Gasteiger partial charge in [0.05, 0.1) is 7.11 Å². The summed E-state index contributed by atoms with van der Waals surface area (Å²) in [7, 11) is 1.64. The van der Waals surface area contributed by atoms with E-state index in [-0.39, 0.29) is 23.5 Å². The number of methoxy groups -OCH3 is 1. The van der Waals surface area contributed by atoms with Crippen LogP contribution >= 0.6 is 0 Å². The number of halogens is 1. The fraction of sp³-hybridized carbons (Fsp3) is 0.484. The van der Waals surface area contributed by atoms with Crippen molar-refractivity contribution in [3.63, 3.8) is 0 Å². The third-order valence-electron chi connectivity index (χ3n) is 7.26. The maximum absolute atomic E-state index is 13.4. The van der Waals surface area contributed by atoms with Gasteiger partial charge >= 0.3 is 0 Å². The van der Waals surface area contributed by atoms with E-state index < -0.39 is 0 Å². The lowest BCUT2D eigenvalue weighted by Crippen LogP contribution is -2.51. The number of amides is 2. The van der Waals surface area contributed by atoms with Gasteiger partial charge in [0.25, 0.3) is 5.91 Å². The van der Waals surface area contributed by atoms with Crippen molar-refractivity contribution < 1.29 is 18.7 Å². The Bertz CT molecular complexity index is 1050. The predicted molar refractivity (Wildman–Crippen MR) is 151 cm³/mol. The number of nitrogens with zero attached hydrogens (tertiary/aromatic N) is 3. The SMILES string of the molecule is CCCCC(CC)C(=O)N1CCN(CCN(C/C=C/c2ccccc2OC)C(=O)c2ccc(F)cc2)CC1. The molecular weight excluding hydrogens is 481 g/mol. The van der Waals surface area contributed by atoms with E-state index in [9.17, 15) is 14.0 Å². The molecule has 3 rings (SSSR count). The summed E-state index contributed by atoms with van der Waals surface area (Å²) in [6.07, 6.45) is 7.97. The minimum absolute atomic E-state index is 0.125. The van der Waals surface area contributed by atoms with E-state index >= 15 is 0 Å². The van der Waals surface area contributed by atoms with Crippen LogP contribution in [0.25, 0.3) is 6.08 Å². The second-order valence-electron chi connectivity index (χ2n) is 9.82. The van der Waals surface area contributed by atoms with Gasteiger partial charge < -0.3 is 14.5 Å². The number of ether oxygens (including phenoxy) is 1. The number of hydrogen-bond donors (Lipinski definition) is 0. The van der Waals surface area contributed by atoms with Gasteiger partial charge in [-0.05, 0) is 43.2 Å². The first-order valence-electron chi connectivity index (χ1n) is 13.8. The molecule has 38 heavy (non-hydrogen) atoms. The number of piperazine rings is 1. The minimum atomic E-state index is -0.364. The second-order valence-corrected chi connectivity index (χ2v) is 9.82. The molecule has 1 saturated heterocycles. The lowest BCUT2D eigenvalue weighted by Gasteiger charge is -2.37. The molecular formula is C31H42FN3O3. The van der Waals surface area contributed by atoms with Crippen molar-refractivity contribution in [3.8, 4) is 5.75 Å². The highest BCUT2D eigenvalue weighted by Crippen LogP contribution is 2.19. The Balaban J connectivity index is 1.60. The van der Waals surface area contributed by atoms with Gasteiger partial charge in [0.15, 0.2) is 0 Å². The summed E-state index contributed by atoms with van der Waals surface area (Å²) < 4.78 is 18.9. The van der Waals surface area contributed by atoms with Crippen LogP contribution in [0.3, 0.4) is 0 Å². The Morgan fingerprint density at radius 1 is 1.05 bits per heavy atom. The zero-order valence-electron chi connectivity index (χ0n) is 23.1. The van der Waals surface area contributed by atoms with Crippen molar-refractivity contribution in [1.29, 1.82) is 0 Å². The Labute approximate surface area is 227 Å². The van der Waals surface area contributed by atoms with Crippen molar-refractivity contribution in [2.24, 2.45) is 5.92 Å². The van der Waals surface area contributed by atoms with E-state index in [1.807, 2.05) is 41.3 Å². The molecule has 0 aliphatic carbocycles. The normalized spacial score (nSPS) is 15.0. The van der Waals surface area contributed by atoms with E-state index in [1.165, 1.54) is 24.3 Å². The molecule has 6 nitrogen and oxygen atoms in total. The Morgan fingerprint density at radius 2 is 1.76 bits per heavy atom. The third-order valence-corrected chi connectivity index (χ3v) is 7.26. The monoisotopic (exact) mass is 523 g/mol. The molecule has 0 N–H and O–H groups in total. The molecule has 2 aromatic carbocycles. The summed E-state index contributed by atoms with van der Waals surface area (Å²) in [5.41, 5.74) is 1.40. The number of rotatable bonds is 13.